The number of nitrogens with zero attached hydrogens (tertiary/aromatic N) is 1. The monoisotopic (exact) mass is 409 g/mol. The summed E-state index contributed by atoms with van der Waals surface area (Å²) in [7, 11) is 1.60. The van der Waals surface area contributed by atoms with Crippen LogP contribution in [0.3, 0.4) is 0 Å². The Hall–Kier alpha value is -3.40. The summed E-state index contributed by atoms with van der Waals surface area (Å²) in [6.07, 6.45) is 0.950. The molecule has 3 aromatic rings. The van der Waals surface area contributed by atoms with E-state index in [1.54, 1.807) is 31.4 Å². The molecule has 1 aliphatic heterocycles. The second-order valence-electron chi connectivity index (χ2n) is 8.66. The Morgan fingerprint density at radius 3 is 1.94 bits per heavy atom. The Bertz CT molecular complexity index is 1230. The van der Waals surface area contributed by atoms with Gasteiger partial charge in [0.2, 0.25) is 11.8 Å². The Labute approximate surface area is 181 Å². The second kappa shape index (κ2) is 6.55. The minimum atomic E-state index is -0.353. The van der Waals surface area contributed by atoms with Crippen LogP contribution in [0.4, 0.5) is 5.69 Å². The minimum absolute atomic E-state index is 0.0765. The van der Waals surface area contributed by atoms with E-state index in [-0.39, 0.29) is 35.5 Å². The number of benzene rings is 3. The lowest BCUT2D eigenvalue weighted by Crippen LogP contribution is -2.41. The Balaban J connectivity index is 1.53. The number of imide groups is 1. The predicted molar refractivity (Wildman–Crippen MR) is 118 cm³/mol. The molecule has 2 bridgehead atoms. The number of methoxy groups -OCH3 is 1. The van der Waals surface area contributed by atoms with Crippen LogP contribution in [-0.2, 0) is 16.0 Å². The van der Waals surface area contributed by atoms with Crippen LogP contribution < -0.4 is 9.64 Å². The number of ether oxygens (including phenoxy) is 1. The highest BCUT2D eigenvalue weighted by molar-refractivity contribution is 6.23. The van der Waals surface area contributed by atoms with Gasteiger partial charge in [-0.15, -0.1) is 0 Å². The first-order chi connectivity index (χ1) is 15.1. The molecule has 0 N–H and O–H groups in total. The Kier molecular flexibility index (Phi) is 3.88. The van der Waals surface area contributed by atoms with Gasteiger partial charge >= 0.3 is 0 Å². The van der Waals surface area contributed by atoms with Gasteiger partial charge in [0.05, 0.1) is 24.6 Å². The number of anilines is 1. The molecule has 3 aromatic carbocycles. The molecular formula is C27H23NO3. The summed E-state index contributed by atoms with van der Waals surface area (Å²) in [5.41, 5.74) is 6.72. The highest BCUT2D eigenvalue weighted by Gasteiger charge is 2.61. The van der Waals surface area contributed by atoms with Gasteiger partial charge in [-0.25, -0.2) is 4.90 Å². The van der Waals surface area contributed by atoms with Crippen molar-refractivity contribution in [1.82, 2.24) is 0 Å². The lowest BCUT2D eigenvalue weighted by Gasteiger charge is -2.46. The van der Waals surface area contributed by atoms with Crippen molar-refractivity contribution < 1.29 is 14.3 Å². The molecule has 2 amide bonds. The molecule has 3 aliphatic carbocycles. The van der Waals surface area contributed by atoms with Gasteiger partial charge in [0.1, 0.15) is 5.75 Å². The van der Waals surface area contributed by atoms with E-state index in [1.807, 2.05) is 12.1 Å². The predicted octanol–water partition coefficient (Wildman–Crippen LogP) is 4.65. The van der Waals surface area contributed by atoms with E-state index >= 15 is 0 Å². The molecule has 1 fully saturated rings. The van der Waals surface area contributed by atoms with Crippen LogP contribution in [0.5, 0.6) is 5.75 Å². The third-order valence-electron chi connectivity index (χ3n) is 7.34. The summed E-state index contributed by atoms with van der Waals surface area (Å²) in [6.45, 7) is 2.15. The van der Waals surface area contributed by atoms with Crippen molar-refractivity contribution in [2.45, 2.75) is 25.2 Å². The van der Waals surface area contributed by atoms with Crippen molar-refractivity contribution in [3.8, 4) is 5.75 Å². The summed E-state index contributed by atoms with van der Waals surface area (Å²) in [5.74, 6) is -0.331. The molecule has 31 heavy (non-hydrogen) atoms. The van der Waals surface area contributed by atoms with E-state index in [0.29, 0.717) is 11.4 Å². The largest absolute Gasteiger partial charge is 0.497 e. The standard InChI is InChI=1S/C27H23NO3/c1-3-15-8-13-20-21(14-15)23-19-7-5-4-6-18(19)22(20)24-25(23)27(30)28(26(24)29)16-9-11-17(31-2)12-10-16/h4-14,22-25H,3H2,1-2H3/t22-,23-,24+,25-/m1/s1. The maximum Gasteiger partial charge on any atom is 0.238 e. The van der Waals surface area contributed by atoms with E-state index in [0.717, 1.165) is 6.42 Å². The highest BCUT2D eigenvalue weighted by atomic mass is 16.5. The summed E-state index contributed by atoms with van der Waals surface area (Å²) in [6, 6.07) is 22.1. The average molecular weight is 409 g/mol. The fraction of sp³-hybridized carbons (Fsp3) is 0.259. The van der Waals surface area contributed by atoms with Crippen LogP contribution >= 0.6 is 0 Å². The van der Waals surface area contributed by atoms with E-state index < -0.39 is 0 Å². The first-order valence-corrected chi connectivity index (χ1v) is 10.9. The fourth-order valence-corrected chi connectivity index (χ4v) is 5.98. The van der Waals surface area contributed by atoms with Crippen LogP contribution in [0.15, 0.2) is 66.7 Å². The van der Waals surface area contributed by atoms with Crippen LogP contribution in [0, 0.1) is 11.8 Å². The number of hydrogen-bond acceptors (Lipinski definition) is 3. The fourth-order valence-electron chi connectivity index (χ4n) is 5.98. The van der Waals surface area contributed by atoms with Gasteiger partial charge < -0.3 is 4.74 Å². The van der Waals surface area contributed by atoms with Crippen molar-refractivity contribution in [3.63, 3.8) is 0 Å². The van der Waals surface area contributed by atoms with E-state index in [9.17, 15) is 9.59 Å². The smallest absolute Gasteiger partial charge is 0.238 e. The number of hydrogen-bond donors (Lipinski definition) is 0. The maximum absolute atomic E-state index is 13.7. The number of carbonyl (C=O) groups excluding carboxylic acids is 2. The highest BCUT2D eigenvalue weighted by Crippen LogP contribution is 2.61. The van der Waals surface area contributed by atoms with Crippen molar-refractivity contribution in [3.05, 3.63) is 94.5 Å². The summed E-state index contributed by atoms with van der Waals surface area (Å²) in [4.78, 5) is 28.9. The third-order valence-corrected chi connectivity index (χ3v) is 7.34. The van der Waals surface area contributed by atoms with Gasteiger partial charge in [-0.3, -0.25) is 9.59 Å². The van der Waals surface area contributed by atoms with Crippen LogP contribution in [0.2, 0.25) is 0 Å². The van der Waals surface area contributed by atoms with Gasteiger partial charge in [-0.2, -0.15) is 0 Å². The van der Waals surface area contributed by atoms with Crippen molar-refractivity contribution in [2.75, 3.05) is 12.0 Å². The molecule has 0 unspecified atom stereocenters. The van der Waals surface area contributed by atoms with Crippen molar-refractivity contribution >= 4 is 17.5 Å². The van der Waals surface area contributed by atoms with Gasteiger partial charge in [-0.1, -0.05) is 49.4 Å². The molecule has 7 rings (SSSR count). The van der Waals surface area contributed by atoms with Gasteiger partial charge in [0.15, 0.2) is 0 Å². The van der Waals surface area contributed by atoms with E-state index in [1.165, 1.54) is 32.7 Å². The van der Waals surface area contributed by atoms with Gasteiger partial charge in [0, 0.05) is 11.8 Å². The number of amides is 2. The molecule has 4 atom stereocenters. The molecule has 0 aromatic heterocycles. The van der Waals surface area contributed by atoms with Crippen LogP contribution in [0.25, 0.3) is 0 Å². The summed E-state index contributed by atoms with van der Waals surface area (Å²) >= 11 is 0. The zero-order valence-corrected chi connectivity index (χ0v) is 17.5. The van der Waals surface area contributed by atoms with Crippen molar-refractivity contribution in [1.29, 1.82) is 0 Å². The minimum Gasteiger partial charge on any atom is -0.497 e. The third kappa shape index (κ3) is 2.36. The molecule has 0 spiro atoms. The molecule has 154 valence electrons. The zero-order valence-electron chi connectivity index (χ0n) is 17.5. The summed E-state index contributed by atoms with van der Waals surface area (Å²) < 4.78 is 5.24. The Morgan fingerprint density at radius 2 is 1.35 bits per heavy atom. The molecular weight excluding hydrogens is 386 g/mol. The van der Waals surface area contributed by atoms with Gasteiger partial charge in [0.25, 0.3) is 0 Å². The number of carbonyl (C=O) groups is 2. The average Bonchev–Trinajstić information content (AvgIpc) is 3.09. The molecule has 4 aliphatic rings. The van der Waals surface area contributed by atoms with E-state index in [2.05, 4.69) is 37.3 Å². The molecule has 4 heteroatoms. The molecule has 4 nitrogen and oxygen atoms in total. The SMILES string of the molecule is CCc1ccc2c(c1)[C@H]1c3ccccc3[C@H]2[C@@H]2C(=O)N(c3ccc(OC)cc3)C(=O)[C@H]12. The lowest BCUT2D eigenvalue weighted by atomic mass is 9.55. The zero-order chi connectivity index (χ0) is 21.3. The first kappa shape index (κ1) is 18.4. The second-order valence-corrected chi connectivity index (χ2v) is 8.66. The molecule has 1 saturated heterocycles. The first-order valence-electron chi connectivity index (χ1n) is 10.9. The molecule has 1 heterocycles. The normalized spacial score (nSPS) is 25.3. The summed E-state index contributed by atoms with van der Waals surface area (Å²) in [5, 5.41) is 0. The van der Waals surface area contributed by atoms with Gasteiger partial charge in [-0.05, 0) is 58.5 Å². The van der Waals surface area contributed by atoms with E-state index in [4.69, 9.17) is 4.74 Å². The number of rotatable bonds is 3. The Morgan fingerprint density at radius 1 is 0.774 bits per heavy atom. The molecule has 0 saturated carbocycles. The van der Waals surface area contributed by atoms with Crippen LogP contribution in [0.1, 0.15) is 46.6 Å². The van der Waals surface area contributed by atoms with Crippen LogP contribution in [-0.4, -0.2) is 18.9 Å². The molecule has 0 radical (unpaired) electrons. The maximum atomic E-state index is 13.7. The van der Waals surface area contributed by atoms with Crippen molar-refractivity contribution in [2.24, 2.45) is 11.8 Å². The number of aryl methyl sites for hydroxylation is 1. The quantitative estimate of drug-likeness (QED) is 0.592. The lowest BCUT2D eigenvalue weighted by molar-refractivity contribution is -0.122. The topological polar surface area (TPSA) is 46.6 Å².